The fourth-order valence-corrected chi connectivity index (χ4v) is 2.98. The molecular formula is C11H10F3N3OS2. The molecule has 0 unspecified atom stereocenters. The van der Waals surface area contributed by atoms with Crippen LogP contribution in [0, 0.1) is 0 Å². The lowest BCUT2D eigenvalue weighted by Crippen LogP contribution is -2.08. The van der Waals surface area contributed by atoms with Crippen LogP contribution < -0.4 is 5.32 Å². The number of halogens is 3. The van der Waals surface area contributed by atoms with Crippen molar-refractivity contribution in [1.82, 2.24) is 10.2 Å². The van der Waals surface area contributed by atoms with Crippen LogP contribution in [0.2, 0.25) is 0 Å². The molecule has 0 amide bonds. The van der Waals surface area contributed by atoms with Crippen molar-refractivity contribution in [2.24, 2.45) is 0 Å². The van der Waals surface area contributed by atoms with Crippen LogP contribution in [0.3, 0.4) is 0 Å². The molecule has 0 radical (unpaired) electrons. The third-order valence-electron chi connectivity index (χ3n) is 2.20. The van der Waals surface area contributed by atoms with Gasteiger partial charge in [0.25, 0.3) is 0 Å². The van der Waals surface area contributed by atoms with Gasteiger partial charge in [-0.3, -0.25) is 0 Å². The summed E-state index contributed by atoms with van der Waals surface area (Å²) in [5.41, 5.74) is -0.811. The third-order valence-corrected chi connectivity index (χ3v) is 4.15. The van der Waals surface area contributed by atoms with Gasteiger partial charge in [0.05, 0.1) is 17.9 Å². The van der Waals surface area contributed by atoms with Crippen LogP contribution in [0.5, 0.6) is 0 Å². The zero-order chi connectivity index (χ0) is 14.6. The predicted octanol–water partition coefficient (Wildman–Crippen LogP) is 3.38. The van der Waals surface area contributed by atoms with E-state index in [9.17, 15) is 13.2 Å². The zero-order valence-corrected chi connectivity index (χ0v) is 11.6. The number of hydrogen-bond donors (Lipinski definition) is 2. The highest BCUT2D eigenvalue weighted by Crippen LogP contribution is 2.36. The lowest BCUT2D eigenvalue weighted by atomic mass is 10.2. The van der Waals surface area contributed by atoms with E-state index < -0.39 is 11.7 Å². The van der Waals surface area contributed by atoms with Crippen molar-refractivity contribution in [3.63, 3.8) is 0 Å². The minimum atomic E-state index is -4.43. The molecule has 0 aliphatic rings. The molecule has 0 aliphatic heterocycles. The van der Waals surface area contributed by atoms with Crippen molar-refractivity contribution in [2.75, 3.05) is 17.7 Å². The first kappa shape index (κ1) is 15.1. The Morgan fingerprint density at radius 2 is 2.00 bits per heavy atom. The van der Waals surface area contributed by atoms with Crippen molar-refractivity contribution < 1.29 is 18.3 Å². The Kier molecular flexibility index (Phi) is 4.84. The van der Waals surface area contributed by atoms with Crippen LogP contribution in [0.4, 0.5) is 24.0 Å². The molecule has 2 rings (SSSR count). The molecule has 108 valence electrons. The highest BCUT2D eigenvalue weighted by atomic mass is 32.2. The maximum Gasteiger partial charge on any atom is 0.418 e. The summed E-state index contributed by atoms with van der Waals surface area (Å²) in [6.07, 6.45) is -4.43. The first-order valence-electron chi connectivity index (χ1n) is 5.51. The number of benzene rings is 1. The van der Waals surface area contributed by atoms with Crippen molar-refractivity contribution in [2.45, 2.75) is 10.5 Å². The van der Waals surface area contributed by atoms with Gasteiger partial charge in [-0.1, -0.05) is 35.2 Å². The van der Waals surface area contributed by atoms with Crippen LogP contribution in [0.15, 0.2) is 28.6 Å². The quantitative estimate of drug-likeness (QED) is 0.827. The zero-order valence-electron chi connectivity index (χ0n) is 10.0. The number of nitrogens with zero attached hydrogens (tertiary/aromatic N) is 2. The smallest absolute Gasteiger partial charge is 0.396 e. The van der Waals surface area contributed by atoms with Gasteiger partial charge in [-0.2, -0.15) is 13.2 Å². The van der Waals surface area contributed by atoms with Crippen molar-refractivity contribution in [3.05, 3.63) is 29.8 Å². The predicted molar refractivity (Wildman–Crippen MR) is 72.4 cm³/mol. The first-order chi connectivity index (χ1) is 9.50. The molecule has 0 saturated heterocycles. The lowest BCUT2D eigenvalue weighted by molar-refractivity contribution is -0.136. The molecule has 20 heavy (non-hydrogen) atoms. The fourth-order valence-electron chi connectivity index (χ4n) is 1.41. The van der Waals surface area contributed by atoms with Gasteiger partial charge in [-0.25, -0.2) is 0 Å². The Hall–Kier alpha value is -1.32. The van der Waals surface area contributed by atoms with Crippen molar-refractivity contribution in [1.29, 1.82) is 0 Å². The summed E-state index contributed by atoms with van der Waals surface area (Å²) in [5.74, 6) is 0.466. The standard InChI is InChI=1S/C11H10F3N3OS2/c12-11(13,14)7-3-1-2-4-8(7)15-9-16-17-10(20-9)19-6-5-18/h1-4,18H,5-6H2,(H,15,16). The molecule has 0 fully saturated rings. The summed E-state index contributed by atoms with van der Waals surface area (Å²) < 4.78 is 39.0. The average molecular weight is 321 g/mol. The second-order valence-corrected chi connectivity index (χ2v) is 5.93. The van der Waals surface area contributed by atoms with E-state index in [4.69, 9.17) is 5.11 Å². The molecule has 0 saturated carbocycles. The van der Waals surface area contributed by atoms with Crippen LogP contribution in [-0.2, 0) is 6.18 Å². The Balaban J connectivity index is 2.16. The van der Waals surface area contributed by atoms with Gasteiger partial charge in [0.15, 0.2) is 4.34 Å². The second kappa shape index (κ2) is 6.42. The van der Waals surface area contributed by atoms with Crippen LogP contribution in [0.1, 0.15) is 5.56 Å². The van der Waals surface area contributed by atoms with Crippen LogP contribution in [-0.4, -0.2) is 27.7 Å². The van der Waals surface area contributed by atoms with E-state index in [1.54, 1.807) is 0 Å². The van der Waals surface area contributed by atoms with E-state index in [2.05, 4.69) is 15.5 Å². The Labute approximate surface area is 121 Å². The molecule has 0 spiro atoms. The van der Waals surface area contributed by atoms with E-state index in [0.717, 1.165) is 17.4 Å². The van der Waals surface area contributed by atoms with E-state index in [1.807, 2.05) is 0 Å². The van der Waals surface area contributed by atoms with Gasteiger partial charge >= 0.3 is 6.18 Å². The number of nitrogens with one attached hydrogen (secondary N) is 1. The van der Waals surface area contributed by atoms with E-state index >= 15 is 0 Å². The fraction of sp³-hybridized carbons (Fsp3) is 0.273. The topological polar surface area (TPSA) is 58.0 Å². The SMILES string of the molecule is OCCSc1nnc(Nc2ccccc2C(F)(F)F)s1. The Morgan fingerprint density at radius 1 is 1.25 bits per heavy atom. The molecular weight excluding hydrogens is 311 g/mol. The molecule has 2 aromatic rings. The summed E-state index contributed by atoms with van der Waals surface area (Å²) in [5, 5.41) is 19.2. The minimum absolute atomic E-state index is 0.00388. The number of aliphatic hydroxyl groups excluding tert-OH is 1. The average Bonchev–Trinajstić information content (AvgIpc) is 2.83. The van der Waals surface area contributed by atoms with Gasteiger partial charge in [0, 0.05) is 5.75 Å². The number of anilines is 2. The van der Waals surface area contributed by atoms with Crippen molar-refractivity contribution in [3.8, 4) is 0 Å². The maximum absolute atomic E-state index is 12.8. The highest BCUT2D eigenvalue weighted by molar-refractivity contribution is 8.01. The second-order valence-electron chi connectivity index (χ2n) is 3.61. The monoisotopic (exact) mass is 321 g/mol. The molecule has 1 heterocycles. The Morgan fingerprint density at radius 3 is 2.70 bits per heavy atom. The summed E-state index contributed by atoms with van der Waals surface area (Å²) >= 11 is 2.43. The number of rotatable bonds is 5. The molecule has 4 nitrogen and oxygen atoms in total. The number of aromatic nitrogens is 2. The summed E-state index contributed by atoms with van der Waals surface area (Å²) in [6.45, 7) is 0.00388. The Bertz CT molecular complexity index is 574. The van der Waals surface area contributed by atoms with Gasteiger partial charge < -0.3 is 10.4 Å². The maximum atomic E-state index is 12.8. The number of alkyl halides is 3. The van der Waals surface area contributed by atoms with Gasteiger partial charge in [-0.05, 0) is 12.1 Å². The van der Waals surface area contributed by atoms with E-state index in [0.29, 0.717) is 10.1 Å². The highest BCUT2D eigenvalue weighted by Gasteiger charge is 2.33. The summed E-state index contributed by atoms with van der Waals surface area (Å²) in [6, 6.07) is 5.19. The largest absolute Gasteiger partial charge is 0.418 e. The molecule has 9 heteroatoms. The normalized spacial score (nSPS) is 11.6. The van der Waals surface area contributed by atoms with E-state index in [1.165, 1.54) is 30.0 Å². The number of aliphatic hydroxyl groups is 1. The minimum Gasteiger partial charge on any atom is -0.396 e. The molecule has 0 bridgehead atoms. The van der Waals surface area contributed by atoms with Crippen LogP contribution >= 0.6 is 23.1 Å². The molecule has 1 aromatic heterocycles. The molecule has 2 N–H and O–H groups in total. The molecule has 0 aliphatic carbocycles. The molecule has 1 aromatic carbocycles. The number of hydrogen-bond acceptors (Lipinski definition) is 6. The van der Waals surface area contributed by atoms with Gasteiger partial charge in [0.2, 0.25) is 5.13 Å². The van der Waals surface area contributed by atoms with Crippen molar-refractivity contribution >= 4 is 33.9 Å². The van der Waals surface area contributed by atoms with E-state index in [-0.39, 0.29) is 17.4 Å². The first-order valence-corrected chi connectivity index (χ1v) is 7.31. The number of para-hydroxylation sites is 1. The molecule has 0 atom stereocenters. The van der Waals surface area contributed by atoms with Crippen LogP contribution in [0.25, 0.3) is 0 Å². The lowest BCUT2D eigenvalue weighted by Gasteiger charge is -2.12. The number of thioether (sulfide) groups is 1. The summed E-state index contributed by atoms with van der Waals surface area (Å²) in [4.78, 5) is 0. The third kappa shape index (κ3) is 3.84. The van der Waals surface area contributed by atoms with Gasteiger partial charge in [-0.15, -0.1) is 10.2 Å². The van der Waals surface area contributed by atoms with Gasteiger partial charge in [0.1, 0.15) is 0 Å². The summed E-state index contributed by atoms with van der Waals surface area (Å²) in [7, 11) is 0.